The molecule has 5 heteroatoms. The number of anilines is 1. The first-order valence-corrected chi connectivity index (χ1v) is 7.62. The zero-order chi connectivity index (χ0) is 15.7. The summed E-state index contributed by atoms with van der Waals surface area (Å²) in [5, 5.41) is 9.96. The van der Waals surface area contributed by atoms with Crippen molar-refractivity contribution in [3.8, 4) is 5.75 Å². The molecule has 2 aromatic rings. The summed E-state index contributed by atoms with van der Waals surface area (Å²) in [6.07, 6.45) is 0.432. The minimum absolute atomic E-state index is 0.00231. The highest BCUT2D eigenvalue weighted by Gasteiger charge is 2.30. The van der Waals surface area contributed by atoms with Crippen molar-refractivity contribution in [2.75, 3.05) is 11.9 Å². The van der Waals surface area contributed by atoms with Crippen LogP contribution in [0, 0.1) is 12.8 Å². The number of amides is 1. The molecule has 0 saturated heterocycles. The summed E-state index contributed by atoms with van der Waals surface area (Å²) in [7, 11) is 0. The second kappa shape index (κ2) is 5.83. The molecular weight excluding hydrogens is 278 g/mol. The molecule has 3 rings (SSSR count). The van der Waals surface area contributed by atoms with Crippen LogP contribution in [0.4, 0.5) is 5.82 Å². The highest BCUT2D eigenvalue weighted by atomic mass is 16.5. The normalized spacial score (nSPS) is 17.3. The first-order valence-electron chi connectivity index (χ1n) is 7.62. The van der Waals surface area contributed by atoms with E-state index in [1.54, 1.807) is 0 Å². The standard InChI is InChI=1S/C17H21N3O2/c1-10(2)9-22-13-6-4-5-12(7-13)14-8-15(21)18-17-16(14)11(3)19-20-17/h4-7,10,14H,8-9H2,1-3H3,(H2,18,19,20,21). The average molecular weight is 299 g/mol. The zero-order valence-electron chi connectivity index (χ0n) is 13.1. The predicted molar refractivity (Wildman–Crippen MR) is 85.2 cm³/mol. The molecule has 1 amide bonds. The van der Waals surface area contributed by atoms with Gasteiger partial charge in [0, 0.05) is 23.6 Å². The van der Waals surface area contributed by atoms with E-state index in [0.717, 1.165) is 22.6 Å². The van der Waals surface area contributed by atoms with Crippen LogP contribution in [0.25, 0.3) is 0 Å². The van der Waals surface area contributed by atoms with Gasteiger partial charge in [0.2, 0.25) is 5.91 Å². The van der Waals surface area contributed by atoms with E-state index in [1.807, 2.05) is 31.2 Å². The molecule has 1 atom stereocenters. The van der Waals surface area contributed by atoms with E-state index in [-0.39, 0.29) is 11.8 Å². The maximum atomic E-state index is 11.9. The van der Waals surface area contributed by atoms with Crippen molar-refractivity contribution in [3.63, 3.8) is 0 Å². The molecule has 1 aliphatic heterocycles. The van der Waals surface area contributed by atoms with Gasteiger partial charge >= 0.3 is 0 Å². The Morgan fingerprint density at radius 2 is 2.23 bits per heavy atom. The Kier molecular flexibility index (Phi) is 3.88. The lowest BCUT2D eigenvalue weighted by Gasteiger charge is -2.23. The third kappa shape index (κ3) is 2.84. The topological polar surface area (TPSA) is 67.0 Å². The number of rotatable bonds is 4. The Morgan fingerprint density at radius 1 is 1.41 bits per heavy atom. The minimum Gasteiger partial charge on any atom is -0.493 e. The van der Waals surface area contributed by atoms with Crippen LogP contribution in [0.5, 0.6) is 5.75 Å². The van der Waals surface area contributed by atoms with E-state index >= 15 is 0 Å². The molecule has 1 unspecified atom stereocenters. The Morgan fingerprint density at radius 3 is 3.00 bits per heavy atom. The number of fused-ring (bicyclic) bond motifs is 1. The number of ether oxygens (including phenoxy) is 1. The van der Waals surface area contributed by atoms with Gasteiger partial charge in [0.15, 0.2) is 5.82 Å². The molecule has 0 aliphatic carbocycles. The zero-order valence-corrected chi connectivity index (χ0v) is 13.1. The van der Waals surface area contributed by atoms with Crippen molar-refractivity contribution < 1.29 is 9.53 Å². The summed E-state index contributed by atoms with van der Waals surface area (Å²) in [5.74, 6) is 1.99. The lowest BCUT2D eigenvalue weighted by molar-refractivity contribution is -0.116. The first kappa shape index (κ1) is 14.6. The number of carbonyl (C=O) groups excluding carboxylic acids is 1. The maximum absolute atomic E-state index is 11.9. The van der Waals surface area contributed by atoms with Gasteiger partial charge in [-0.1, -0.05) is 26.0 Å². The minimum atomic E-state index is -0.00231. The molecule has 2 N–H and O–H groups in total. The Balaban J connectivity index is 1.92. The van der Waals surface area contributed by atoms with Crippen LogP contribution in [-0.2, 0) is 4.79 Å². The van der Waals surface area contributed by atoms with Crippen molar-refractivity contribution in [2.24, 2.45) is 5.92 Å². The van der Waals surface area contributed by atoms with Gasteiger partial charge in [0.25, 0.3) is 0 Å². The third-order valence-corrected chi connectivity index (χ3v) is 3.83. The highest BCUT2D eigenvalue weighted by molar-refractivity contribution is 5.94. The van der Waals surface area contributed by atoms with Crippen molar-refractivity contribution in [3.05, 3.63) is 41.1 Å². The van der Waals surface area contributed by atoms with Gasteiger partial charge < -0.3 is 10.1 Å². The van der Waals surface area contributed by atoms with E-state index < -0.39 is 0 Å². The number of hydrogen-bond acceptors (Lipinski definition) is 3. The van der Waals surface area contributed by atoms with Crippen LogP contribution in [0.1, 0.15) is 43.0 Å². The Labute approximate surface area is 130 Å². The fourth-order valence-electron chi connectivity index (χ4n) is 2.80. The molecule has 5 nitrogen and oxygen atoms in total. The quantitative estimate of drug-likeness (QED) is 0.911. The van der Waals surface area contributed by atoms with Gasteiger partial charge in [-0.15, -0.1) is 0 Å². The van der Waals surface area contributed by atoms with Crippen molar-refractivity contribution >= 4 is 11.7 Å². The van der Waals surface area contributed by atoms with Crippen LogP contribution in [0.2, 0.25) is 0 Å². The molecule has 1 aromatic heterocycles. The highest BCUT2D eigenvalue weighted by Crippen LogP contribution is 2.38. The van der Waals surface area contributed by atoms with Crippen LogP contribution in [-0.4, -0.2) is 22.7 Å². The second-order valence-corrected chi connectivity index (χ2v) is 6.19. The van der Waals surface area contributed by atoms with Crippen molar-refractivity contribution in [2.45, 2.75) is 33.1 Å². The summed E-state index contributed by atoms with van der Waals surface area (Å²) < 4.78 is 5.80. The van der Waals surface area contributed by atoms with E-state index in [0.29, 0.717) is 24.8 Å². The Hall–Kier alpha value is -2.30. The van der Waals surface area contributed by atoms with Crippen molar-refractivity contribution in [1.82, 2.24) is 10.2 Å². The summed E-state index contributed by atoms with van der Waals surface area (Å²) in [6.45, 7) is 6.91. The Bertz CT molecular complexity index is 691. The summed E-state index contributed by atoms with van der Waals surface area (Å²) in [4.78, 5) is 11.9. The lowest BCUT2D eigenvalue weighted by atomic mass is 9.86. The van der Waals surface area contributed by atoms with E-state index in [9.17, 15) is 4.79 Å². The number of aryl methyl sites for hydroxylation is 1. The smallest absolute Gasteiger partial charge is 0.226 e. The summed E-state index contributed by atoms with van der Waals surface area (Å²) in [6, 6.07) is 8.01. The molecule has 0 radical (unpaired) electrons. The van der Waals surface area contributed by atoms with Crippen molar-refractivity contribution in [1.29, 1.82) is 0 Å². The van der Waals surface area contributed by atoms with Crippen LogP contribution < -0.4 is 10.1 Å². The third-order valence-electron chi connectivity index (χ3n) is 3.83. The first-order chi connectivity index (χ1) is 10.5. The molecule has 0 bridgehead atoms. The van der Waals surface area contributed by atoms with E-state index in [2.05, 4.69) is 29.4 Å². The number of H-pyrrole nitrogens is 1. The summed E-state index contributed by atoms with van der Waals surface area (Å²) in [5.41, 5.74) is 3.15. The second-order valence-electron chi connectivity index (χ2n) is 6.19. The number of hydrogen-bond donors (Lipinski definition) is 2. The summed E-state index contributed by atoms with van der Waals surface area (Å²) >= 11 is 0. The molecule has 2 heterocycles. The van der Waals surface area contributed by atoms with Crippen LogP contribution >= 0.6 is 0 Å². The maximum Gasteiger partial charge on any atom is 0.226 e. The SMILES string of the molecule is Cc1[nH]nc2c1C(c1cccc(OCC(C)C)c1)CC(=O)N2. The number of aromatic amines is 1. The molecule has 1 aliphatic rings. The number of aromatic nitrogens is 2. The fraction of sp³-hybridized carbons (Fsp3) is 0.412. The van der Waals surface area contributed by atoms with E-state index in [1.165, 1.54) is 0 Å². The lowest BCUT2D eigenvalue weighted by Crippen LogP contribution is -2.23. The number of benzene rings is 1. The predicted octanol–water partition coefficient (Wildman–Crippen LogP) is 3.23. The van der Waals surface area contributed by atoms with Gasteiger partial charge in [-0.05, 0) is 30.5 Å². The van der Waals surface area contributed by atoms with Crippen LogP contribution in [0.15, 0.2) is 24.3 Å². The number of nitrogens with zero attached hydrogens (tertiary/aromatic N) is 1. The molecule has 1 aromatic carbocycles. The van der Waals surface area contributed by atoms with Gasteiger partial charge in [-0.3, -0.25) is 9.89 Å². The molecule has 22 heavy (non-hydrogen) atoms. The molecule has 0 spiro atoms. The van der Waals surface area contributed by atoms with Crippen LogP contribution in [0.3, 0.4) is 0 Å². The van der Waals surface area contributed by atoms with Gasteiger partial charge in [0.05, 0.1) is 6.61 Å². The number of nitrogens with one attached hydrogen (secondary N) is 2. The number of carbonyl (C=O) groups is 1. The van der Waals surface area contributed by atoms with Gasteiger partial charge in [0.1, 0.15) is 5.75 Å². The molecule has 0 fully saturated rings. The monoisotopic (exact) mass is 299 g/mol. The largest absolute Gasteiger partial charge is 0.493 e. The van der Waals surface area contributed by atoms with Gasteiger partial charge in [-0.2, -0.15) is 5.10 Å². The van der Waals surface area contributed by atoms with Gasteiger partial charge in [-0.25, -0.2) is 0 Å². The fourth-order valence-corrected chi connectivity index (χ4v) is 2.80. The molecule has 116 valence electrons. The molecule has 0 saturated carbocycles. The van der Waals surface area contributed by atoms with E-state index in [4.69, 9.17) is 4.74 Å². The molecular formula is C17H21N3O2. The average Bonchev–Trinajstić information content (AvgIpc) is 2.86.